The third kappa shape index (κ3) is 5.02. The Morgan fingerprint density at radius 3 is 2.71 bits per heavy atom. The second kappa shape index (κ2) is 7.28. The number of hydrogen-bond donors (Lipinski definition) is 1. The number of rotatable bonds is 6. The van der Waals surface area contributed by atoms with E-state index in [-0.39, 0.29) is 5.91 Å². The summed E-state index contributed by atoms with van der Waals surface area (Å²) in [6, 6.07) is 7.57. The van der Waals surface area contributed by atoms with E-state index in [0.717, 1.165) is 11.3 Å². The number of amides is 1. The molecule has 1 aromatic carbocycles. The van der Waals surface area contributed by atoms with Crippen LogP contribution in [0.1, 0.15) is 12.5 Å². The Balaban J connectivity index is 2.53. The van der Waals surface area contributed by atoms with Gasteiger partial charge in [-0.05, 0) is 30.7 Å². The first kappa shape index (κ1) is 13.0. The van der Waals surface area contributed by atoms with Crippen LogP contribution >= 0.6 is 0 Å². The van der Waals surface area contributed by atoms with Crippen LogP contribution in [0.3, 0.4) is 0 Å². The Labute approximate surface area is 102 Å². The standard InChI is InChI=1S/C14H17NO2/c1-3-11-15-14(16)10-7-12-5-8-13(9-6-12)17-4-2/h3,5-10H,1,4,11H2,2H3,(H,15,16). The molecule has 0 bridgehead atoms. The van der Waals surface area contributed by atoms with E-state index >= 15 is 0 Å². The molecule has 0 radical (unpaired) electrons. The third-order valence-corrected chi connectivity index (χ3v) is 2.04. The van der Waals surface area contributed by atoms with E-state index in [1.165, 1.54) is 6.08 Å². The van der Waals surface area contributed by atoms with Crippen molar-refractivity contribution in [3.8, 4) is 5.75 Å². The van der Waals surface area contributed by atoms with Crippen LogP contribution in [-0.4, -0.2) is 19.1 Å². The first-order valence-corrected chi connectivity index (χ1v) is 5.56. The van der Waals surface area contributed by atoms with Crippen molar-refractivity contribution in [2.75, 3.05) is 13.2 Å². The second-order valence-corrected chi connectivity index (χ2v) is 3.37. The van der Waals surface area contributed by atoms with Gasteiger partial charge in [0.1, 0.15) is 5.75 Å². The Morgan fingerprint density at radius 1 is 1.41 bits per heavy atom. The summed E-state index contributed by atoms with van der Waals surface area (Å²) in [5.41, 5.74) is 0.960. The van der Waals surface area contributed by atoms with Crippen molar-refractivity contribution < 1.29 is 9.53 Å². The summed E-state index contributed by atoms with van der Waals surface area (Å²) in [5.74, 6) is 0.708. The molecule has 0 spiro atoms. The molecule has 1 amide bonds. The fourth-order valence-electron chi connectivity index (χ4n) is 1.25. The smallest absolute Gasteiger partial charge is 0.244 e. The van der Waals surface area contributed by atoms with Gasteiger partial charge in [0.2, 0.25) is 5.91 Å². The highest BCUT2D eigenvalue weighted by atomic mass is 16.5. The summed E-state index contributed by atoms with van der Waals surface area (Å²) in [6.07, 6.45) is 4.90. The maximum atomic E-state index is 11.3. The van der Waals surface area contributed by atoms with E-state index in [1.54, 1.807) is 12.2 Å². The number of hydrogen-bond acceptors (Lipinski definition) is 2. The van der Waals surface area contributed by atoms with Gasteiger partial charge in [0.25, 0.3) is 0 Å². The molecular formula is C14H17NO2. The minimum absolute atomic E-state index is 0.126. The molecule has 0 atom stereocenters. The van der Waals surface area contributed by atoms with Gasteiger partial charge < -0.3 is 10.1 Å². The van der Waals surface area contributed by atoms with Gasteiger partial charge in [0, 0.05) is 12.6 Å². The summed E-state index contributed by atoms with van der Waals surface area (Å²) < 4.78 is 5.33. The zero-order valence-electron chi connectivity index (χ0n) is 9.98. The van der Waals surface area contributed by atoms with Crippen molar-refractivity contribution in [1.29, 1.82) is 0 Å². The van der Waals surface area contributed by atoms with Crippen molar-refractivity contribution in [1.82, 2.24) is 5.32 Å². The molecule has 0 aromatic heterocycles. The topological polar surface area (TPSA) is 38.3 Å². The van der Waals surface area contributed by atoms with Crippen LogP contribution in [0, 0.1) is 0 Å². The molecule has 3 heteroatoms. The van der Waals surface area contributed by atoms with Gasteiger partial charge in [-0.25, -0.2) is 0 Å². The molecule has 1 N–H and O–H groups in total. The zero-order valence-corrected chi connectivity index (χ0v) is 9.98. The fourth-order valence-corrected chi connectivity index (χ4v) is 1.25. The molecule has 0 fully saturated rings. The first-order valence-electron chi connectivity index (χ1n) is 5.56. The summed E-state index contributed by atoms with van der Waals surface area (Å²) in [4.78, 5) is 11.3. The Bertz CT molecular complexity index is 393. The number of carbonyl (C=O) groups is 1. The Morgan fingerprint density at radius 2 is 2.12 bits per heavy atom. The van der Waals surface area contributed by atoms with Gasteiger partial charge in [-0.1, -0.05) is 18.2 Å². The summed E-state index contributed by atoms with van der Waals surface area (Å²) in [6.45, 7) is 6.60. The third-order valence-electron chi connectivity index (χ3n) is 2.04. The minimum atomic E-state index is -0.126. The number of ether oxygens (including phenoxy) is 1. The number of benzene rings is 1. The molecule has 1 rings (SSSR count). The molecule has 3 nitrogen and oxygen atoms in total. The lowest BCUT2D eigenvalue weighted by molar-refractivity contribution is -0.116. The Kier molecular flexibility index (Phi) is 5.58. The average molecular weight is 231 g/mol. The molecule has 1 aromatic rings. The van der Waals surface area contributed by atoms with E-state index in [2.05, 4.69) is 11.9 Å². The monoisotopic (exact) mass is 231 g/mol. The SMILES string of the molecule is C=CCNC(=O)C=Cc1ccc(OCC)cc1. The largest absolute Gasteiger partial charge is 0.494 e. The molecular weight excluding hydrogens is 214 g/mol. The lowest BCUT2D eigenvalue weighted by atomic mass is 10.2. The van der Waals surface area contributed by atoms with E-state index < -0.39 is 0 Å². The number of carbonyl (C=O) groups excluding carboxylic acids is 1. The van der Waals surface area contributed by atoms with Crippen LogP contribution in [0.5, 0.6) is 5.75 Å². The number of nitrogens with one attached hydrogen (secondary N) is 1. The quantitative estimate of drug-likeness (QED) is 0.603. The van der Waals surface area contributed by atoms with Gasteiger partial charge in [-0.3, -0.25) is 4.79 Å². The van der Waals surface area contributed by atoms with Gasteiger partial charge in [-0.15, -0.1) is 6.58 Å². The van der Waals surface area contributed by atoms with Gasteiger partial charge >= 0.3 is 0 Å². The fraction of sp³-hybridized carbons (Fsp3) is 0.214. The van der Waals surface area contributed by atoms with Crippen molar-refractivity contribution in [2.45, 2.75) is 6.92 Å². The second-order valence-electron chi connectivity index (χ2n) is 3.37. The van der Waals surface area contributed by atoms with Crippen molar-refractivity contribution in [3.63, 3.8) is 0 Å². The van der Waals surface area contributed by atoms with Crippen LogP contribution in [-0.2, 0) is 4.79 Å². The molecule has 0 aliphatic heterocycles. The highest BCUT2D eigenvalue weighted by Gasteiger charge is 1.94. The van der Waals surface area contributed by atoms with E-state index in [1.807, 2.05) is 31.2 Å². The normalized spacial score (nSPS) is 10.2. The Hall–Kier alpha value is -2.03. The van der Waals surface area contributed by atoms with Crippen LogP contribution in [0.2, 0.25) is 0 Å². The lowest BCUT2D eigenvalue weighted by Gasteiger charge is -2.02. The summed E-state index contributed by atoms with van der Waals surface area (Å²) in [5, 5.41) is 2.67. The average Bonchev–Trinajstić information content (AvgIpc) is 2.36. The van der Waals surface area contributed by atoms with Gasteiger partial charge in [-0.2, -0.15) is 0 Å². The highest BCUT2D eigenvalue weighted by molar-refractivity contribution is 5.91. The van der Waals surface area contributed by atoms with Gasteiger partial charge in [0.05, 0.1) is 6.61 Å². The van der Waals surface area contributed by atoms with Crippen molar-refractivity contribution >= 4 is 12.0 Å². The van der Waals surface area contributed by atoms with Crippen molar-refractivity contribution in [3.05, 3.63) is 48.6 Å². The molecule has 0 saturated heterocycles. The molecule has 0 aliphatic carbocycles. The zero-order chi connectivity index (χ0) is 12.5. The van der Waals surface area contributed by atoms with E-state index in [9.17, 15) is 4.79 Å². The van der Waals surface area contributed by atoms with E-state index in [4.69, 9.17) is 4.74 Å². The minimum Gasteiger partial charge on any atom is -0.494 e. The molecule has 0 unspecified atom stereocenters. The summed E-state index contributed by atoms with van der Waals surface area (Å²) >= 11 is 0. The molecule has 90 valence electrons. The van der Waals surface area contributed by atoms with Crippen LogP contribution in [0.15, 0.2) is 43.0 Å². The maximum absolute atomic E-state index is 11.3. The molecule has 0 aliphatic rings. The predicted molar refractivity (Wildman–Crippen MR) is 69.9 cm³/mol. The summed E-state index contributed by atoms with van der Waals surface area (Å²) in [7, 11) is 0. The van der Waals surface area contributed by atoms with Gasteiger partial charge in [0.15, 0.2) is 0 Å². The van der Waals surface area contributed by atoms with Crippen molar-refractivity contribution in [2.24, 2.45) is 0 Å². The lowest BCUT2D eigenvalue weighted by Crippen LogP contribution is -2.20. The molecule has 17 heavy (non-hydrogen) atoms. The van der Waals surface area contributed by atoms with E-state index in [0.29, 0.717) is 13.2 Å². The van der Waals surface area contributed by atoms with Crippen LogP contribution in [0.25, 0.3) is 6.08 Å². The maximum Gasteiger partial charge on any atom is 0.244 e. The molecule has 0 heterocycles. The van der Waals surface area contributed by atoms with Crippen LogP contribution in [0.4, 0.5) is 0 Å². The predicted octanol–water partition coefficient (Wildman–Crippen LogP) is 2.40. The highest BCUT2D eigenvalue weighted by Crippen LogP contribution is 2.12. The molecule has 0 saturated carbocycles. The van der Waals surface area contributed by atoms with Crippen LogP contribution < -0.4 is 10.1 Å². The first-order chi connectivity index (χ1) is 8.26.